The van der Waals surface area contributed by atoms with Crippen molar-refractivity contribution in [1.82, 2.24) is 4.98 Å². The van der Waals surface area contributed by atoms with E-state index in [0.717, 1.165) is 55.1 Å². The first kappa shape index (κ1) is 24.2. The van der Waals surface area contributed by atoms with Crippen molar-refractivity contribution in [2.75, 3.05) is 4.90 Å². The molecule has 0 radical (unpaired) electrons. The molecule has 202 valence electrons. The number of hydrogen-bond donors (Lipinski definition) is 0. The van der Waals surface area contributed by atoms with Gasteiger partial charge in [-0.05, 0) is 59.3 Å². The van der Waals surface area contributed by atoms with Gasteiger partial charge in [0.25, 0.3) is 0 Å². The minimum atomic E-state index is 0.889. The smallest absolute Gasteiger partial charge is 0.135 e. The molecule has 0 N–H and O–H groups in total. The molecule has 9 aromatic rings. The first-order valence-corrected chi connectivity index (χ1v) is 15.2. The van der Waals surface area contributed by atoms with E-state index >= 15 is 0 Å². The molecule has 2 heterocycles. The van der Waals surface area contributed by atoms with E-state index in [2.05, 4.69) is 138 Å². The molecule has 43 heavy (non-hydrogen) atoms. The Kier molecular flexibility index (Phi) is 5.37. The Morgan fingerprint density at radius 1 is 0.465 bits per heavy atom. The van der Waals surface area contributed by atoms with Gasteiger partial charge in [-0.1, -0.05) is 97.1 Å². The number of nitrogens with zero attached hydrogens (tertiary/aromatic N) is 2. The SMILES string of the molecule is c1ccc(N(c2cccc(-c3nc4c5ccccc5c5ccccc5c4s3)c2)c2ccc3oc4ccccc4c3c2)cc1. The summed E-state index contributed by atoms with van der Waals surface area (Å²) >= 11 is 1.77. The van der Waals surface area contributed by atoms with Gasteiger partial charge in [0.1, 0.15) is 16.2 Å². The number of furan rings is 1. The molecular formula is C39H24N2OS. The van der Waals surface area contributed by atoms with E-state index in [-0.39, 0.29) is 0 Å². The average Bonchev–Trinajstić information content (AvgIpc) is 3.69. The van der Waals surface area contributed by atoms with E-state index in [1.807, 2.05) is 12.1 Å². The topological polar surface area (TPSA) is 29.3 Å². The number of benzene rings is 7. The summed E-state index contributed by atoms with van der Waals surface area (Å²) in [6.07, 6.45) is 0. The number of hydrogen-bond acceptors (Lipinski definition) is 4. The Bertz CT molecular complexity index is 2400. The molecule has 0 amide bonds. The number of para-hydroxylation sites is 2. The van der Waals surface area contributed by atoms with E-state index in [1.165, 1.54) is 26.2 Å². The third-order valence-electron chi connectivity index (χ3n) is 8.26. The molecule has 0 aliphatic carbocycles. The maximum absolute atomic E-state index is 6.14. The van der Waals surface area contributed by atoms with E-state index in [0.29, 0.717) is 0 Å². The van der Waals surface area contributed by atoms with Crippen LogP contribution in [0.15, 0.2) is 150 Å². The molecule has 0 saturated carbocycles. The van der Waals surface area contributed by atoms with Crippen molar-refractivity contribution in [3.8, 4) is 10.6 Å². The van der Waals surface area contributed by atoms with E-state index in [1.54, 1.807) is 11.3 Å². The molecule has 0 spiro atoms. The quantitative estimate of drug-likeness (QED) is 0.198. The Hall–Kier alpha value is -5.45. The van der Waals surface area contributed by atoms with Crippen molar-refractivity contribution >= 4 is 82.1 Å². The number of fused-ring (bicyclic) bond motifs is 9. The fourth-order valence-corrected chi connectivity index (χ4v) is 7.42. The van der Waals surface area contributed by atoms with Crippen LogP contribution in [0.2, 0.25) is 0 Å². The lowest BCUT2D eigenvalue weighted by Gasteiger charge is -2.25. The van der Waals surface area contributed by atoms with Crippen LogP contribution in [0.4, 0.5) is 17.1 Å². The second-order valence-electron chi connectivity index (χ2n) is 10.8. The summed E-state index contributed by atoms with van der Waals surface area (Å²) in [5, 5.41) is 8.21. The molecule has 0 bridgehead atoms. The van der Waals surface area contributed by atoms with Crippen molar-refractivity contribution in [3.05, 3.63) is 146 Å². The van der Waals surface area contributed by atoms with E-state index in [9.17, 15) is 0 Å². The number of anilines is 3. The lowest BCUT2D eigenvalue weighted by atomic mass is 10.0. The second kappa shape index (κ2) is 9.55. The van der Waals surface area contributed by atoms with Crippen LogP contribution < -0.4 is 4.90 Å². The van der Waals surface area contributed by atoms with Gasteiger partial charge in [0.15, 0.2) is 0 Å². The van der Waals surface area contributed by atoms with Crippen LogP contribution >= 0.6 is 11.3 Å². The molecular weight excluding hydrogens is 545 g/mol. The van der Waals surface area contributed by atoms with Crippen molar-refractivity contribution in [3.63, 3.8) is 0 Å². The fourth-order valence-electron chi connectivity index (χ4n) is 6.30. The van der Waals surface area contributed by atoms with Crippen LogP contribution in [-0.4, -0.2) is 4.98 Å². The second-order valence-corrected chi connectivity index (χ2v) is 11.8. The summed E-state index contributed by atoms with van der Waals surface area (Å²) in [4.78, 5) is 7.57. The number of rotatable bonds is 4. The summed E-state index contributed by atoms with van der Waals surface area (Å²) in [5.41, 5.74) is 7.19. The molecule has 4 heteroatoms. The molecule has 0 aliphatic heterocycles. The fraction of sp³-hybridized carbons (Fsp3) is 0. The van der Waals surface area contributed by atoms with Gasteiger partial charge < -0.3 is 9.32 Å². The Morgan fingerprint density at radius 3 is 1.93 bits per heavy atom. The highest BCUT2D eigenvalue weighted by molar-refractivity contribution is 7.22. The molecule has 7 aromatic carbocycles. The van der Waals surface area contributed by atoms with Crippen molar-refractivity contribution in [1.29, 1.82) is 0 Å². The largest absolute Gasteiger partial charge is 0.456 e. The standard InChI is InChI=1S/C39H24N2OS/c1-2-12-26(13-3-1)41(28-21-22-36-34(24-28)31-17-8-9-20-35(31)42-36)27-14-10-11-25(23-27)39-40-37-32-18-6-4-15-29(32)30-16-5-7-19-33(30)38(37)43-39/h1-24H. The highest BCUT2D eigenvalue weighted by atomic mass is 32.1. The molecule has 3 nitrogen and oxygen atoms in total. The minimum Gasteiger partial charge on any atom is -0.456 e. The van der Waals surface area contributed by atoms with Crippen LogP contribution in [0.25, 0.3) is 64.3 Å². The summed E-state index contributed by atoms with van der Waals surface area (Å²) in [6, 6.07) is 51.2. The summed E-state index contributed by atoms with van der Waals surface area (Å²) in [6.45, 7) is 0. The molecule has 0 fully saturated rings. The van der Waals surface area contributed by atoms with E-state index in [4.69, 9.17) is 9.40 Å². The first-order chi connectivity index (χ1) is 21.3. The van der Waals surface area contributed by atoms with Gasteiger partial charge in [-0.15, -0.1) is 11.3 Å². The van der Waals surface area contributed by atoms with Crippen LogP contribution in [0.1, 0.15) is 0 Å². The lowest BCUT2D eigenvalue weighted by molar-refractivity contribution is 0.669. The summed E-state index contributed by atoms with van der Waals surface area (Å²) in [7, 11) is 0. The Morgan fingerprint density at radius 2 is 1.09 bits per heavy atom. The molecule has 0 atom stereocenters. The van der Waals surface area contributed by atoms with Crippen LogP contribution in [-0.2, 0) is 0 Å². The predicted molar refractivity (Wildman–Crippen MR) is 182 cm³/mol. The monoisotopic (exact) mass is 568 g/mol. The third kappa shape index (κ3) is 3.84. The molecule has 2 aromatic heterocycles. The normalized spacial score (nSPS) is 11.7. The van der Waals surface area contributed by atoms with E-state index < -0.39 is 0 Å². The Labute approximate surface area is 251 Å². The number of aromatic nitrogens is 1. The zero-order valence-electron chi connectivity index (χ0n) is 23.1. The van der Waals surface area contributed by atoms with Gasteiger partial charge >= 0.3 is 0 Å². The highest BCUT2D eigenvalue weighted by Gasteiger charge is 2.18. The molecule has 9 rings (SSSR count). The van der Waals surface area contributed by atoms with Crippen LogP contribution in [0.3, 0.4) is 0 Å². The maximum atomic E-state index is 6.14. The van der Waals surface area contributed by atoms with Crippen molar-refractivity contribution in [2.24, 2.45) is 0 Å². The summed E-state index contributed by atoms with van der Waals surface area (Å²) < 4.78 is 7.37. The lowest BCUT2D eigenvalue weighted by Crippen LogP contribution is -2.09. The predicted octanol–water partition coefficient (Wildman–Crippen LogP) is 11.6. The van der Waals surface area contributed by atoms with Gasteiger partial charge in [0, 0.05) is 44.2 Å². The number of thiazole rings is 1. The highest BCUT2D eigenvalue weighted by Crippen LogP contribution is 2.43. The zero-order valence-corrected chi connectivity index (χ0v) is 23.9. The van der Waals surface area contributed by atoms with Gasteiger partial charge in [-0.3, -0.25) is 0 Å². The van der Waals surface area contributed by atoms with Gasteiger partial charge in [-0.2, -0.15) is 0 Å². The van der Waals surface area contributed by atoms with Gasteiger partial charge in [-0.25, -0.2) is 4.98 Å². The average molecular weight is 569 g/mol. The summed E-state index contributed by atoms with van der Waals surface area (Å²) in [5.74, 6) is 0. The van der Waals surface area contributed by atoms with Crippen LogP contribution in [0.5, 0.6) is 0 Å². The van der Waals surface area contributed by atoms with Gasteiger partial charge in [0.2, 0.25) is 0 Å². The third-order valence-corrected chi connectivity index (χ3v) is 9.39. The zero-order chi connectivity index (χ0) is 28.3. The minimum absolute atomic E-state index is 0.889. The Balaban J connectivity index is 1.24. The molecule has 0 aliphatic rings. The maximum Gasteiger partial charge on any atom is 0.135 e. The molecule has 0 saturated heterocycles. The van der Waals surface area contributed by atoms with Crippen molar-refractivity contribution in [2.45, 2.75) is 0 Å². The van der Waals surface area contributed by atoms with Crippen molar-refractivity contribution < 1.29 is 4.42 Å². The molecule has 0 unspecified atom stereocenters. The van der Waals surface area contributed by atoms with Crippen LogP contribution in [0, 0.1) is 0 Å². The van der Waals surface area contributed by atoms with Gasteiger partial charge in [0.05, 0.1) is 10.2 Å². The first-order valence-electron chi connectivity index (χ1n) is 14.4.